The number of carboxylic acid groups (broad SMARTS) is 1. The van der Waals surface area contributed by atoms with E-state index in [1.165, 1.54) is 16.4 Å². The van der Waals surface area contributed by atoms with Gasteiger partial charge in [0.05, 0.1) is 16.7 Å². The summed E-state index contributed by atoms with van der Waals surface area (Å²) in [6, 6.07) is 5.68. The van der Waals surface area contributed by atoms with E-state index in [0.29, 0.717) is 30.0 Å². The average molecular weight is 393 g/mol. The van der Waals surface area contributed by atoms with Crippen LogP contribution in [0.3, 0.4) is 0 Å². The molecule has 0 unspecified atom stereocenters. The van der Waals surface area contributed by atoms with Gasteiger partial charge in [-0.05, 0) is 43.2 Å². The third-order valence-electron chi connectivity index (χ3n) is 4.64. The maximum atomic E-state index is 13.0. The summed E-state index contributed by atoms with van der Waals surface area (Å²) in [7, 11) is -3.81. The number of benzene rings is 1. The molecule has 0 saturated carbocycles. The maximum Gasteiger partial charge on any atom is 0.335 e. The molecule has 2 heterocycles. The SMILES string of the molecule is Cc1cc(C)c(S(=O)(=O)N2CCN(c3ccc(F)cn3)CC2)cc1C(=O)O. The van der Waals surface area contributed by atoms with E-state index in [4.69, 9.17) is 0 Å². The van der Waals surface area contributed by atoms with Crippen molar-refractivity contribution in [3.8, 4) is 0 Å². The Bertz CT molecular complexity index is 969. The number of nitrogens with zero attached hydrogens (tertiary/aromatic N) is 3. The summed E-state index contributed by atoms with van der Waals surface area (Å²) in [5.74, 6) is -0.992. The lowest BCUT2D eigenvalue weighted by atomic mass is 10.1. The highest BCUT2D eigenvalue weighted by atomic mass is 32.2. The number of sulfonamides is 1. The number of halogens is 1. The summed E-state index contributed by atoms with van der Waals surface area (Å²) in [5.41, 5.74) is 1.01. The monoisotopic (exact) mass is 393 g/mol. The molecule has 27 heavy (non-hydrogen) atoms. The van der Waals surface area contributed by atoms with Gasteiger partial charge in [0, 0.05) is 26.2 Å². The molecule has 0 radical (unpaired) electrons. The number of carboxylic acids is 1. The Kier molecular flexibility index (Phi) is 5.16. The normalized spacial score (nSPS) is 15.7. The molecule has 1 aromatic carbocycles. The van der Waals surface area contributed by atoms with Crippen molar-refractivity contribution >= 4 is 21.8 Å². The van der Waals surface area contributed by atoms with E-state index in [2.05, 4.69) is 4.98 Å². The second kappa shape index (κ2) is 7.24. The molecular formula is C18H20FN3O4S. The van der Waals surface area contributed by atoms with Gasteiger partial charge >= 0.3 is 5.97 Å². The first-order chi connectivity index (χ1) is 12.7. The van der Waals surface area contributed by atoms with Crippen molar-refractivity contribution in [1.29, 1.82) is 0 Å². The molecule has 0 spiro atoms. The number of piperazine rings is 1. The molecule has 1 fully saturated rings. The molecule has 1 aromatic heterocycles. The van der Waals surface area contributed by atoms with Gasteiger partial charge in [-0.1, -0.05) is 6.07 Å². The predicted molar refractivity (Wildman–Crippen MR) is 98.0 cm³/mol. The van der Waals surface area contributed by atoms with E-state index in [1.54, 1.807) is 26.0 Å². The molecule has 9 heteroatoms. The largest absolute Gasteiger partial charge is 0.478 e. The Morgan fingerprint density at radius 1 is 1.11 bits per heavy atom. The van der Waals surface area contributed by atoms with Crippen LogP contribution in [0.1, 0.15) is 21.5 Å². The van der Waals surface area contributed by atoms with Crippen molar-refractivity contribution in [2.75, 3.05) is 31.1 Å². The molecule has 0 bridgehead atoms. The Labute approximate surface area is 157 Å². The fourth-order valence-corrected chi connectivity index (χ4v) is 4.85. The van der Waals surface area contributed by atoms with Crippen LogP contribution in [0.15, 0.2) is 35.4 Å². The summed E-state index contributed by atoms with van der Waals surface area (Å²) in [6.45, 7) is 4.59. The van der Waals surface area contributed by atoms with Crippen molar-refractivity contribution in [2.45, 2.75) is 18.7 Å². The van der Waals surface area contributed by atoms with Gasteiger partial charge in [-0.25, -0.2) is 22.6 Å². The van der Waals surface area contributed by atoms with Gasteiger partial charge in [-0.15, -0.1) is 0 Å². The van der Waals surface area contributed by atoms with Crippen LogP contribution in [-0.2, 0) is 10.0 Å². The second-order valence-electron chi connectivity index (χ2n) is 6.46. The number of pyridine rings is 1. The van der Waals surface area contributed by atoms with E-state index in [-0.39, 0.29) is 23.5 Å². The van der Waals surface area contributed by atoms with Gasteiger partial charge in [-0.2, -0.15) is 4.31 Å². The number of aromatic nitrogens is 1. The summed E-state index contributed by atoms with van der Waals surface area (Å²) >= 11 is 0. The average Bonchev–Trinajstić information content (AvgIpc) is 2.62. The highest BCUT2D eigenvalue weighted by molar-refractivity contribution is 7.89. The van der Waals surface area contributed by atoms with Crippen molar-refractivity contribution in [2.24, 2.45) is 0 Å². The van der Waals surface area contributed by atoms with Crippen LogP contribution in [0.4, 0.5) is 10.2 Å². The van der Waals surface area contributed by atoms with Crippen molar-refractivity contribution in [3.63, 3.8) is 0 Å². The van der Waals surface area contributed by atoms with Gasteiger partial charge in [-0.3, -0.25) is 0 Å². The molecule has 3 rings (SSSR count). The molecule has 0 amide bonds. The zero-order chi connectivity index (χ0) is 19.8. The molecule has 0 atom stereocenters. The van der Waals surface area contributed by atoms with Crippen molar-refractivity contribution < 1.29 is 22.7 Å². The van der Waals surface area contributed by atoms with Gasteiger partial charge in [0.1, 0.15) is 11.6 Å². The number of hydrogen-bond acceptors (Lipinski definition) is 5. The van der Waals surface area contributed by atoms with Crippen molar-refractivity contribution in [1.82, 2.24) is 9.29 Å². The lowest BCUT2D eigenvalue weighted by molar-refractivity contribution is 0.0696. The zero-order valence-corrected chi connectivity index (χ0v) is 15.8. The number of carbonyl (C=O) groups is 1. The highest BCUT2D eigenvalue weighted by Gasteiger charge is 2.31. The van der Waals surface area contributed by atoms with Crippen molar-refractivity contribution in [3.05, 3.63) is 53.0 Å². The Morgan fingerprint density at radius 3 is 2.33 bits per heavy atom. The van der Waals surface area contributed by atoms with Gasteiger partial charge < -0.3 is 10.0 Å². The first-order valence-electron chi connectivity index (χ1n) is 8.41. The topological polar surface area (TPSA) is 90.8 Å². The van der Waals surface area contributed by atoms with E-state index < -0.39 is 21.8 Å². The maximum absolute atomic E-state index is 13.0. The van der Waals surface area contributed by atoms with Crippen LogP contribution in [0, 0.1) is 19.7 Å². The van der Waals surface area contributed by atoms with Crippen LogP contribution >= 0.6 is 0 Å². The highest BCUT2D eigenvalue weighted by Crippen LogP contribution is 2.25. The summed E-state index contributed by atoms with van der Waals surface area (Å²) in [4.78, 5) is 17.3. The van der Waals surface area contributed by atoms with Crippen LogP contribution in [0.25, 0.3) is 0 Å². The predicted octanol–water partition coefficient (Wildman–Crippen LogP) is 2.05. The van der Waals surface area contributed by atoms with Gasteiger partial charge in [0.25, 0.3) is 0 Å². The third kappa shape index (κ3) is 3.79. The van der Waals surface area contributed by atoms with Crippen LogP contribution in [0.2, 0.25) is 0 Å². The third-order valence-corrected chi connectivity index (χ3v) is 6.69. The Balaban J connectivity index is 1.82. The summed E-state index contributed by atoms with van der Waals surface area (Å²) in [6.07, 6.45) is 1.13. The fourth-order valence-electron chi connectivity index (χ4n) is 3.19. The minimum atomic E-state index is -3.81. The quantitative estimate of drug-likeness (QED) is 0.855. The van der Waals surface area contributed by atoms with E-state index in [9.17, 15) is 22.7 Å². The standard InChI is InChI=1S/C18H20FN3O4S/c1-12-9-13(2)16(10-15(12)18(23)24)27(25,26)22-7-5-21(6-8-22)17-4-3-14(19)11-20-17/h3-4,9-11H,5-8H2,1-2H3,(H,23,24). The van der Waals surface area contributed by atoms with E-state index in [1.807, 2.05) is 4.90 Å². The first-order valence-corrected chi connectivity index (χ1v) is 9.85. The van der Waals surface area contributed by atoms with Gasteiger partial charge in [0.2, 0.25) is 10.0 Å². The zero-order valence-electron chi connectivity index (χ0n) is 15.0. The molecule has 144 valence electrons. The Morgan fingerprint density at radius 2 is 1.78 bits per heavy atom. The van der Waals surface area contributed by atoms with Gasteiger partial charge in [0.15, 0.2) is 0 Å². The number of aromatic carboxylic acids is 1. The molecular weight excluding hydrogens is 373 g/mol. The van der Waals surface area contributed by atoms with E-state index in [0.717, 1.165) is 6.20 Å². The molecule has 2 aromatic rings. The molecule has 1 aliphatic heterocycles. The summed E-state index contributed by atoms with van der Waals surface area (Å²) in [5, 5.41) is 9.29. The van der Waals surface area contributed by atoms with Crippen LogP contribution in [0.5, 0.6) is 0 Å². The number of rotatable bonds is 4. The first kappa shape index (κ1) is 19.2. The smallest absolute Gasteiger partial charge is 0.335 e. The Hall–Kier alpha value is -2.52. The molecule has 1 aliphatic rings. The number of anilines is 1. The van der Waals surface area contributed by atoms with E-state index >= 15 is 0 Å². The number of aryl methyl sites for hydroxylation is 2. The molecule has 1 N–H and O–H groups in total. The van der Waals surface area contributed by atoms with Crippen LogP contribution < -0.4 is 4.90 Å². The fraction of sp³-hybridized carbons (Fsp3) is 0.333. The molecule has 0 aliphatic carbocycles. The second-order valence-corrected chi connectivity index (χ2v) is 8.37. The number of hydrogen-bond donors (Lipinski definition) is 1. The summed E-state index contributed by atoms with van der Waals surface area (Å²) < 4.78 is 40.4. The van der Waals surface area contributed by atoms with Crippen LogP contribution in [-0.4, -0.2) is 55.0 Å². The molecule has 1 saturated heterocycles. The minimum Gasteiger partial charge on any atom is -0.478 e. The molecule has 7 nitrogen and oxygen atoms in total. The minimum absolute atomic E-state index is 0.0128. The lowest BCUT2D eigenvalue weighted by Gasteiger charge is -2.35. The lowest BCUT2D eigenvalue weighted by Crippen LogP contribution is -2.49.